The molecule has 0 radical (unpaired) electrons. The summed E-state index contributed by atoms with van der Waals surface area (Å²) in [7, 11) is -3.28. The maximum Gasteiger partial charge on any atom is 0.222 e. The summed E-state index contributed by atoms with van der Waals surface area (Å²) in [6, 6.07) is 7.85. The van der Waals surface area contributed by atoms with Gasteiger partial charge in [-0.1, -0.05) is 12.1 Å². The average molecular weight is 289 g/mol. The molecule has 0 spiro atoms. The van der Waals surface area contributed by atoms with E-state index in [9.17, 15) is 8.42 Å². The summed E-state index contributed by atoms with van der Waals surface area (Å²) in [5.41, 5.74) is 12.0. The molecule has 0 amide bonds. The van der Waals surface area contributed by atoms with Crippen LogP contribution in [0.15, 0.2) is 29.2 Å². The van der Waals surface area contributed by atoms with Crippen LogP contribution in [0.4, 0.5) is 11.8 Å². The molecule has 1 aromatic heterocycles. The number of rotatable bonds is 2. The van der Waals surface area contributed by atoms with Gasteiger partial charge >= 0.3 is 0 Å². The lowest BCUT2D eigenvalue weighted by molar-refractivity contribution is 0.602. The fraction of sp³-hybridized carbons (Fsp3) is 0.0833. The van der Waals surface area contributed by atoms with Crippen LogP contribution >= 0.6 is 0 Å². The van der Waals surface area contributed by atoms with E-state index < -0.39 is 9.84 Å². The molecule has 102 valence electrons. The van der Waals surface area contributed by atoms with Gasteiger partial charge in [-0.2, -0.15) is 10.2 Å². The summed E-state index contributed by atoms with van der Waals surface area (Å²) in [6.45, 7) is 0. The average Bonchev–Trinajstić information content (AvgIpc) is 2.37. The first-order valence-corrected chi connectivity index (χ1v) is 7.35. The second-order valence-corrected chi connectivity index (χ2v) is 6.11. The summed E-state index contributed by atoms with van der Waals surface area (Å²) in [5.74, 6) is -0.0640. The molecular formula is C12H11N5O2S. The molecule has 0 aliphatic rings. The predicted molar refractivity (Wildman–Crippen MR) is 74.1 cm³/mol. The van der Waals surface area contributed by atoms with Gasteiger partial charge in [0.15, 0.2) is 9.84 Å². The molecule has 0 saturated heterocycles. The number of aromatic nitrogens is 2. The summed E-state index contributed by atoms with van der Waals surface area (Å²) in [4.78, 5) is 7.87. The van der Waals surface area contributed by atoms with Crippen LogP contribution in [0.1, 0.15) is 5.56 Å². The molecule has 0 atom stereocenters. The minimum Gasteiger partial charge on any atom is -0.382 e. The number of nitrogen functional groups attached to an aromatic ring is 2. The highest BCUT2D eigenvalue weighted by Gasteiger charge is 2.14. The minimum atomic E-state index is -3.28. The van der Waals surface area contributed by atoms with Crippen molar-refractivity contribution in [2.45, 2.75) is 4.90 Å². The normalized spacial score (nSPS) is 11.0. The van der Waals surface area contributed by atoms with Crippen LogP contribution in [0.2, 0.25) is 0 Å². The Kier molecular flexibility index (Phi) is 3.29. The van der Waals surface area contributed by atoms with Gasteiger partial charge in [0.1, 0.15) is 17.5 Å². The zero-order chi connectivity index (χ0) is 14.9. The van der Waals surface area contributed by atoms with E-state index in [1.165, 1.54) is 12.1 Å². The highest BCUT2D eigenvalue weighted by molar-refractivity contribution is 7.90. The van der Waals surface area contributed by atoms with E-state index in [2.05, 4.69) is 9.97 Å². The summed E-state index contributed by atoms with van der Waals surface area (Å²) in [5, 5.41) is 9.09. The molecule has 8 heteroatoms. The third kappa shape index (κ3) is 2.53. The standard InChI is InChI=1S/C12H11N5O2S/c1-20(18,19)8-4-2-7(3-5-8)10-9(6-13)11(14)17-12(15)16-10/h2-5H,1H3,(H4,14,15,16,17). The Morgan fingerprint density at radius 2 is 1.75 bits per heavy atom. The van der Waals surface area contributed by atoms with Gasteiger partial charge in [0.25, 0.3) is 0 Å². The monoisotopic (exact) mass is 289 g/mol. The lowest BCUT2D eigenvalue weighted by Crippen LogP contribution is -2.05. The topological polar surface area (TPSA) is 136 Å². The van der Waals surface area contributed by atoms with Gasteiger partial charge in [-0.05, 0) is 12.1 Å². The second-order valence-electron chi connectivity index (χ2n) is 4.10. The quantitative estimate of drug-likeness (QED) is 0.825. The van der Waals surface area contributed by atoms with Gasteiger partial charge < -0.3 is 11.5 Å². The van der Waals surface area contributed by atoms with Crippen LogP contribution < -0.4 is 11.5 Å². The predicted octanol–water partition coefficient (Wildman–Crippen LogP) is 0.583. The molecule has 0 bridgehead atoms. The van der Waals surface area contributed by atoms with Crippen molar-refractivity contribution in [1.82, 2.24) is 9.97 Å². The first-order valence-electron chi connectivity index (χ1n) is 5.46. The van der Waals surface area contributed by atoms with E-state index >= 15 is 0 Å². The number of hydrogen-bond acceptors (Lipinski definition) is 7. The fourth-order valence-corrected chi connectivity index (χ4v) is 2.31. The Hall–Kier alpha value is -2.66. The van der Waals surface area contributed by atoms with Crippen LogP contribution in [-0.4, -0.2) is 24.6 Å². The summed E-state index contributed by atoms with van der Waals surface area (Å²) < 4.78 is 22.8. The third-order valence-corrected chi connectivity index (χ3v) is 3.75. The molecular weight excluding hydrogens is 278 g/mol. The van der Waals surface area contributed by atoms with Gasteiger partial charge in [-0.25, -0.2) is 13.4 Å². The third-order valence-electron chi connectivity index (χ3n) is 2.62. The number of nitriles is 1. The van der Waals surface area contributed by atoms with Gasteiger partial charge in [-0.3, -0.25) is 0 Å². The molecule has 2 rings (SSSR count). The van der Waals surface area contributed by atoms with Crippen molar-refractivity contribution in [2.75, 3.05) is 17.7 Å². The molecule has 0 unspecified atom stereocenters. The number of benzene rings is 1. The molecule has 0 saturated carbocycles. The van der Waals surface area contributed by atoms with Crippen LogP contribution in [0, 0.1) is 11.3 Å². The van der Waals surface area contributed by atoms with Crippen molar-refractivity contribution in [3.63, 3.8) is 0 Å². The van der Waals surface area contributed by atoms with Crippen molar-refractivity contribution in [2.24, 2.45) is 0 Å². The molecule has 0 fully saturated rings. The Bertz CT molecular complexity index is 807. The van der Waals surface area contributed by atoms with E-state index in [0.717, 1.165) is 6.26 Å². The first kappa shape index (κ1) is 13.8. The number of hydrogen-bond donors (Lipinski definition) is 2. The molecule has 20 heavy (non-hydrogen) atoms. The lowest BCUT2D eigenvalue weighted by Gasteiger charge is -2.07. The Morgan fingerprint density at radius 3 is 2.25 bits per heavy atom. The second kappa shape index (κ2) is 4.79. The Labute approximate surface area is 115 Å². The molecule has 0 aliphatic heterocycles. The maximum absolute atomic E-state index is 11.4. The Balaban J connectivity index is 2.61. The number of nitrogens with two attached hydrogens (primary N) is 2. The molecule has 1 aromatic carbocycles. The van der Waals surface area contributed by atoms with Crippen molar-refractivity contribution in [1.29, 1.82) is 5.26 Å². The van der Waals surface area contributed by atoms with Crippen LogP contribution in [-0.2, 0) is 9.84 Å². The molecule has 1 heterocycles. The van der Waals surface area contributed by atoms with Crippen molar-refractivity contribution < 1.29 is 8.42 Å². The van der Waals surface area contributed by atoms with E-state index in [-0.39, 0.29) is 27.9 Å². The van der Waals surface area contributed by atoms with Gasteiger partial charge in [0.2, 0.25) is 5.95 Å². The zero-order valence-electron chi connectivity index (χ0n) is 10.5. The lowest BCUT2D eigenvalue weighted by atomic mass is 10.1. The largest absolute Gasteiger partial charge is 0.382 e. The van der Waals surface area contributed by atoms with Crippen molar-refractivity contribution >= 4 is 21.6 Å². The fourth-order valence-electron chi connectivity index (χ4n) is 1.68. The minimum absolute atomic E-state index is 0.0119. The van der Waals surface area contributed by atoms with Crippen LogP contribution in [0.5, 0.6) is 0 Å². The van der Waals surface area contributed by atoms with E-state index in [0.29, 0.717) is 5.56 Å². The maximum atomic E-state index is 11.4. The first-order chi connectivity index (χ1) is 9.32. The van der Waals surface area contributed by atoms with E-state index in [4.69, 9.17) is 16.7 Å². The highest BCUT2D eigenvalue weighted by atomic mass is 32.2. The number of nitrogens with zero attached hydrogens (tertiary/aromatic N) is 3. The molecule has 2 aromatic rings. The summed E-state index contributed by atoms with van der Waals surface area (Å²) >= 11 is 0. The molecule has 0 aliphatic carbocycles. The van der Waals surface area contributed by atoms with Crippen LogP contribution in [0.25, 0.3) is 11.3 Å². The van der Waals surface area contributed by atoms with Crippen LogP contribution in [0.3, 0.4) is 0 Å². The molecule has 4 N–H and O–H groups in total. The zero-order valence-corrected chi connectivity index (χ0v) is 11.3. The smallest absolute Gasteiger partial charge is 0.222 e. The SMILES string of the molecule is CS(=O)(=O)c1ccc(-c2nc(N)nc(N)c2C#N)cc1. The molecule has 7 nitrogen and oxygen atoms in total. The van der Waals surface area contributed by atoms with E-state index in [1.807, 2.05) is 6.07 Å². The van der Waals surface area contributed by atoms with Crippen molar-refractivity contribution in [3.05, 3.63) is 29.8 Å². The summed E-state index contributed by atoms with van der Waals surface area (Å²) in [6.07, 6.45) is 1.11. The van der Waals surface area contributed by atoms with Gasteiger partial charge in [0, 0.05) is 11.8 Å². The van der Waals surface area contributed by atoms with Gasteiger partial charge in [-0.15, -0.1) is 0 Å². The van der Waals surface area contributed by atoms with E-state index in [1.54, 1.807) is 12.1 Å². The van der Waals surface area contributed by atoms with Gasteiger partial charge in [0.05, 0.1) is 10.6 Å². The van der Waals surface area contributed by atoms with Crippen molar-refractivity contribution in [3.8, 4) is 17.3 Å². The Morgan fingerprint density at radius 1 is 1.15 bits per heavy atom. The highest BCUT2D eigenvalue weighted by Crippen LogP contribution is 2.26. The number of anilines is 2. The number of sulfone groups is 1.